The van der Waals surface area contributed by atoms with E-state index in [2.05, 4.69) is 37.9 Å². The highest BCUT2D eigenvalue weighted by Gasteiger charge is 2.44. The molecule has 1 saturated heterocycles. The molecule has 0 saturated carbocycles. The van der Waals surface area contributed by atoms with Crippen LogP contribution in [0.15, 0.2) is 30.5 Å². The van der Waals surface area contributed by atoms with Gasteiger partial charge in [-0.05, 0) is 73.4 Å². The number of esters is 1. The zero-order chi connectivity index (χ0) is 23.6. The Balaban J connectivity index is 1.75. The maximum atomic E-state index is 13.1. The highest BCUT2D eigenvalue weighted by molar-refractivity contribution is 14.1. The van der Waals surface area contributed by atoms with Crippen molar-refractivity contribution >= 4 is 40.5 Å². The quantitative estimate of drug-likeness (QED) is 0.301. The monoisotopic (exact) mass is 552 g/mol. The van der Waals surface area contributed by atoms with Crippen molar-refractivity contribution in [2.24, 2.45) is 5.92 Å². The molecule has 2 N–H and O–H groups in total. The summed E-state index contributed by atoms with van der Waals surface area (Å²) in [5, 5.41) is 2.71. The van der Waals surface area contributed by atoms with E-state index >= 15 is 0 Å². The van der Waals surface area contributed by atoms with Crippen LogP contribution in [-0.4, -0.2) is 44.4 Å². The van der Waals surface area contributed by atoms with Crippen LogP contribution in [-0.2, 0) is 14.3 Å². The van der Waals surface area contributed by atoms with Crippen LogP contribution in [0, 0.1) is 9.49 Å². The number of imide groups is 1. The molecular weight excluding hydrogens is 523 g/mol. The van der Waals surface area contributed by atoms with E-state index in [9.17, 15) is 14.4 Å². The van der Waals surface area contributed by atoms with Crippen LogP contribution < -0.4 is 5.32 Å². The molecule has 1 aliphatic rings. The molecule has 8 nitrogen and oxygen atoms in total. The molecule has 172 valence electrons. The number of hydrogen-bond acceptors (Lipinski definition) is 5. The molecule has 1 unspecified atom stereocenters. The topological polar surface area (TPSA) is 104 Å². The van der Waals surface area contributed by atoms with Gasteiger partial charge in [0.25, 0.3) is 5.91 Å². The highest BCUT2D eigenvalue weighted by Crippen LogP contribution is 2.32. The smallest absolute Gasteiger partial charge is 0.325 e. The van der Waals surface area contributed by atoms with Gasteiger partial charge in [0.05, 0.1) is 11.9 Å². The first-order valence-corrected chi connectivity index (χ1v) is 11.7. The van der Waals surface area contributed by atoms with Crippen LogP contribution in [0.4, 0.5) is 4.79 Å². The minimum absolute atomic E-state index is 0.0475. The Kier molecular flexibility index (Phi) is 7.26. The highest BCUT2D eigenvalue weighted by atomic mass is 127. The van der Waals surface area contributed by atoms with Crippen LogP contribution in [0.5, 0.6) is 0 Å². The van der Waals surface area contributed by atoms with Crippen molar-refractivity contribution in [2.45, 2.75) is 65.1 Å². The summed E-state index contributed by atoms with van der Waals surface area (Å²) in [6.45, 7) is 9.24. The van der Waals surface area contributed by atoms with E-state index in [0.717, 1.165) is 14.8 Å². The number of halogens is 1. The average Bonchev–Trinajstić information content (AvgIpc) is 3.26. The predicted molar refractivity (Wildman–Crippen MR) is 129 cm³/mol. The summed E-state index contributed by atoms with van der Waals surface area (Å²) >= 11 is 2.25. The Morgan fingerprint density at radius 3 is 2.47 bits per heavy atom. The van der Waals surface area contributed by atoms with Crippen molar-refractivity contribution in [2.75, 3.05) is 0 Å². The van der Waals surface area contributed by atoms with Crippen LogP contribution in [0.2, 0.25) is 0 Å². The lowest BCUT2D eigenvalue weighted by Crippen LogP contribution is -2.38. The lowest BCUT2D eigenvalue weighted by molar-refractivity contribution is -0.155. The molecule has 32 heavy (non-hydrogen) atoms. The largest absolute Gasteiger partial charge is 0.460 e. The number of nitrogens with one attached hydrogen (secondary N) is 2. The van der Waals surface area contributed by atoms with Crippen LogP contribution in [0.1, 0.15) is 59.3 Å². The normalized spacial score (nSPS) is 17.6. The minimum Gasteiger partial charge on any atom is -0.460 e. The molecule has 1 aromatic heterocycles. The summed E-state index contributed by atoms with van der Waals surface area (Å²) in [5.41, 5.74) is 1.19. The van der Waals surface area contributed by atoms with Gasteiger partial charge < -0.3 is 15.0 Å². The number of urea groups is 1. The van der Waals surface area contributed by atoms with Gasteiger partial charge in [-0.25, -0.2) is 9.78 Å². The molecule has 0 aliphatic carbocycles. The van der Waals surface area contributed by atoms with Gasteiger partial charge in [-0.3, -0.25) is 14.5 Å². The van der Waals surface area contributed by atoms with Crippen LogP contribution >= 0.6 is 22.6 Å². The number of hydrogen-bond donors (Lipinski definition) is 2. The van der Waals surface area contributed by atoms with E-state index in [4.69, 9.17) is 4.74 Å². The SMILES string of the molecule is CC(C)C(c1ncc(-c2ccc(I)cc2)[nH]1)N1C(=O)N[C@H](CCC(=O)OC(C)(C)C)C1=O. The Morgan fingerprint density at radius 1 is 1.22 bits per heavy atom. The van der Waals surface area contributed by atoms with Crippen molar-refractivity contribution in [1.82, 2.24) is 20.2 Å². The van der Waals surface area contributed by atoms with Gasteiger partial charge >= 0.3 is 12.0 Å². The number of aromatic amines is 1. The Labute approximate surface area is 201 Å². The molecule has 1 aromatic carbocycles. The summed E-state index contributed by atoms with van der Waals surface area (Å²) in [7, 11) is 0. The summed E-state index contributed by atoms with van der Waals surface area (Å²) in [4.78, 5) is 46.8. The second-order valence-electron chi connectivity index (χ2n) is 9.21. The van der Waals surface area contributed by atoms with Crippen molar-refractivity contribution in [3.63, 3.8) is 0 Å². The summed E-state index contributed by atoms with van der Waals surface area (Å²) in [6, 6.07) is 6.20. The minimum atomic E-state index is -0.762. The maximum Gasteiger partial charge on any atom is 0.325 e. The van der Waals surface area contributed by atoms with Crippen LogP contribution in [0.25, 0.3) is 11.3 Å². The van der Waals surface area contributed by atoms with Gasteiger partial charge in [-0.1, -0.05) is 26.0 Å². The van der Waals surface area contributed by atoms with Crippen molar-refractivity contribution in [3.05, 3.63) is 39.9 Å². The van der Waals surface area contributed by atoms with E-state index in [1.807, 2.05) is 38.1 Å². The van der Waals surface area contributed by atoms with Crippen LogP contribution in [0.3, 0.4) is 0 Å². The molecule has 9 heteroatoms. The fourth-order valence-corrected chi connectivity index (χ4v) is 4.02. The standard InChI is InChI=1S/C23H29IN4O4/c1-13(2)19(20-25-12-17(26-20)14-6-8-15(24)9-7-14)28-21(30)16(27-22(28)31)10-11-18(29)32-23(3,4)5/h6-9,12-13,16,19H,10-11H2,1-5H3,(H,25,26)(H,27,31)/t16-,19?/m1/s1. The fraction of sp³-hybridized carbons (Fsp3) is 0.478. The first kappa shape index (κ1) is 24.2. The molecule has 2 atom stereocenters. The molecule has 1 fully saturated rings. The second kappa shape index (κ2) is 9.60. The van der Waals surface area contributed by atoms with E-state index in [0.29, 0.717) is 5.82 Å². The molecule has 2 heterocycles. The molecule has 0 spiro atoms. The number of nitrogens with zero attached hydrogens (tertiary/aromatic N) is 2. The summed E-state index contributed by atoms with van der Waals surface area (Å²) in [5.74, 6) is -0.272. The first-order valence-electron chi connectivity index (χ1n) is 10.6. The van der Waals surface area contributed by atoms with Gasteiger partial charge in [0.2, 0.25) is 0 Å². The van der Waals surface area contributed by atoms with Gasteiger partial charge in [0.1, 0.15) is 23.5 Å². The zero-order valence-electron chi connectivity index (χ0n) is 18.9. The van der Waals surface area contributed by atoms with Gasteiger partial charge in [-0.15, -0.1) is 0 Å². The number of ether oxygens (including phenoxy) is 1. The number of benzene rings is 1. The number of rotatable bonds is 7. The number of H-pyrrole nitrogens is 1. The van der Waals surface area contributed by atoms with E-state index in [-0.39, 0.29) is 24.7 Å². The Hall–Kier alpha value is -2.43. The van der Waals surface area contributed by atoms with E-state index < -0.39 is 29.7 Å². The second-order valence-corrected chi connectivity index (χ2v) is 10.5. The number of amides is 3. The van der Waals surface area contributed by atoms with Gasteiger partial charge in [-0.2, -0.15) is 0 Å². The molecule has 2 aromatic rings. The lowest BCUT2D eigenvalue weighted by Gasteiger charge is -2.27. The Bertz CT molecular complexity index is 994. The third-order valence-electron chi connectivity index (χ3n) is 5.05. The molecule has 3 amide bonds. The third-order valence-corrected chi connectivity index (χ3v) is 5.77. The zero-order valence-corrected chi connectivity index (χ0v) is 21.1. The predicted octanol–water partition coefficient (Wildman–Crippen LogP) is 4.42. The van der Waals surface area contributed by atoms with Crippen molar-refractivity contribution < 1.29 is 19.1 Å². The van der Waals surface area contributed by atoms with Gasteiger partial charge in [0.15, 0.2) is 0 Å². The Morgan fingerprint density at radius 2 is 1.88 bits per heavy atom. The van der Waals surface area contributed by atoms with E-state index in [1.54, 1.807) is 27.0 Å². The molecule has 0 radical (unpaired) electrons. The third kappa shape index (κ3) is 5.67. The number of carbonyl (C=O) groups is 3. The van der Waals surface area contributed by atoms with Crippen molar-refractivity contribution in [3.8, 4) is 11.3 Å². The molecular formula is C23H29IN4O4. The average molecular weight is 552 g/mol. The summed E-state index contributed by atoms with van der Waals surface area (Å²) in [6.07, 6.45) is 1.95. The molecule has 0 bridgehead atoms. The maximum absolute atomic E-state index is 13.1. The molecule has 3 rings (SSSR count). The fourth-order valence-electron chi connectivity index (χ4n) is 3.66. The van der Waals surface area contributed by atoms with Gasteiger partial charge in [0, 0.05) is 9.99 Å². The summed E-state index contributed by atoms with van der Waals surface area (Å²) < 4.78 is 6.43. The number of carbonyl (C=O) groups excluding carboxylic acids is 3. The molecule has 1 aliphatic heterocycles. The van der Waals surface area contributed by atoms with Crippen molar-refractivity contribution in [1.29, 1.82) is 0 Å². The number of imidazole rings is 1. The first-order chi connectivity index (χ1) is 15.0. The van der Waals surface area contributed by atoms with E-state index in [1.165, 1.54) is 4.90 Å². The number of aromatic nitrogens is 2. The lowest BCUT2D eigenvalue weighted by atomic mass is 10.0.